The summed E-state index contributed by atoms with van der Waals surface area (Å²) in [5.41, 5.74) is 0.902. The first-order chi connectivity index (χ1) is 9.27. The van der Waals surface area contributed by atoms with Crippen LogP contribution in [-0.4, -0.2) is 34.8 Å². The van der Waals surface area contributed by atoms with E-state index in [2.05, 4.69) is 4.98 Å². The Kier molecular flexibility index (Phi) is 5.42. The largest absolute Gasteiger partial charge is 0.330 e. The summed E-state index contributed by atoms with van der Waals surface area (Å²) in [5.74, 6) is -0.660. The Balaban J connectivity index is 3.19. The van der Waals surface area contributed by atoms with E-state index in [4.69, 9.17) is 0 Å². The average molecular weight is 286 g/mol. The van der Waals surface area contributed by atoms with Gasteiger partial charge < -0.3 is 9.88 Å². The molecule has 0 aliphatic rings. The minimum Gasteiger partial charge on any atom is -0.330 e. The molecule has 4 nitrogen and oxygen atoms in total. The van der Waals surface area contributed by atoms with E-state index in [1.807, 2.05) is 6.92 Å². The van der Waals surface area contributed by atoms with Crippen molar-refractivity contribution in [1.29, 1.82) is 0 Å². The molecule has 0 fully saturated rings. The monoisotopic (exact) mass is 286 g/mol. The van der Waals surface area contributed by atoms with Crippen LogP contribution in [0.4, 0.5) is 8.78 Å². The van der Waals surface area contributed by atoms with Crippen molar-refractivity contribution < 1.29 is 13.6 Å². The minimum atomic E-state index is -2.63. The minimum absolute atomic E-state index is 0.0888. The maximum absolute atomic E-state index is 12.5. The van der Waals surface area contributed by atoms with E-state index in [-0.39, 0.29) is 5.56 Å². The number of aromatic amines is 1. The number of aryl methyl sites for hydroxylation is 2. The van der Waals surface area contributed by atoms with Crippen LogP contribution in [0.2, 0.25) is 0 Å². The Hall–Kier alpha value is -1.72. The van der Waals surface area contributed by atoms with Gasteiger partial charge in [0.1, 0.15) is 5.56 Å². The Morgan fingerprint density at radius 1 is 1.40 bits per heavy atom. The van der Waals surface area contributed by atoms with Gasteiger partial charge in [0.05, 0.1) is 6.54 Å². The van der Waals surface area contributed by atoms with Gasteiger partial charge >= 0.3 is 0 Å². The Morgan fingerprint density at radius 2 is 2.00 bits per heavy atom. The van der Waals surface area contributed by atoms with Gasteiger partial charge in [-0.05, 0) is 38.8 Å². The van der Waals surface area contributed by atoms with Crippen LogP contribution in [0, 0.1) is 6.92 Å². The number of carbonyl (C=O) groups excluding carboxylic acids is 1. The zero-order chi connectivity index (χ0) is 15.4. The lowest BCUT2D eigenvalue weighted by Crippen LogP contribution is -2.42. The number of aromatic nitrogens is 1. The number of halogens is 2. The van der Waals surface area contributed by atoms with Crippen molar-refractivity contribution in [3.63, 3.8) is 0 Å². The highest BCUT2D eigenvalue weighted by molar-refractivity contribution is 5.94. The van der Waals surface area contributed by atoms with E-state index >= 15 is 0 Å². The molecule has 0 unspecified atom stereocenters. The molecule has 6 heteroatoms. The molecule has 1 rings (SSSR count). The van der Waals surface area contributed by atoms with E-state index in [1.54, 1.807) is 20.8 Å². The maximum Gasteiger partial charge on any atom is 0.261 e. The second-order valence-electron chi connectivity index (χ2n) is 4.97. The highest BCUT2D eigenvalue weighted by Gasteiger charge is 2.24. The number of nitrogens with zero attached hydrogens (tertiary/aromatic N) is 1. The second-order valence-corrected chi connectivity index (χ2v) is 4.97. The molecule has 0 aromatic carbocycles. The van der Waals surface area contributed by atoms with Gasteiger partial charge in [-0.15, -0.1) is 0 Å². The third kappa shape index (κ3) is 3.65. The van der Waals surface area contributed by atoms with Gasteiger partial charge in [0.2, 0.25) is 0 Å². The molecule has 20 heavy (non-hydrogen) atoms. The molecule has 1 aromatic heterocycles. The lowest BCUT2D eigenvalue weighted by Gasteiger charge is -2.26. The number of pyridine rings is 1. The number of alkyl halides is 2. The Bertz CT molecular complexity index is 538. The molecule has 0 spiro atoms. The number of hydrogen-bond acceptors (Lipinski definition) is 2. The molecule has 0 aliphatic heterocycles. The van der Waals surface area contributed by atoms with E-state index in [9.17, 15) is 18.4 Å². The maximum atomic E-state index is 12.5. The van der Waals surface area contributed by atoms with Gasteiger partial charge in [0.15, 0.2) is 0 Å². The Morgan fingerprint density at radius 3 is 2.45 bits per heavy atom. The molecule has 0 radical (unpaired) electrons. The molecule has 0 saturated carbocycles. The number of H-pyrrole nitrogens is 1. The summed E-state index contributed by atoms with van der Waals surface area (Å²) >= 11 is 0. The topological polar surface area (TPSA) is 53.2 Å². The molecule has 112 valence electrons. The first-order valence-corrected chi connectivity index (χ1v) is 6.59. The Labute approximate surface area is 116 Å². The fraction of sp³-hybridized carbons (Fsp3) is 0.571. The van der Waals surface area contributed by atoms with Crippen LogP contribution in [0.25, 0.3) is 0 Å². The molecule has 1 heterocycles. The number of carbonyl (C=O) groups is 1. The molecule has 0 saturated heterocycles. The van der Waals surface area contributed by atoms with Crippen LogP contribution in [0.1, 0.15) is 42.4 Å². The van der Waals surface area contributed by atoms with Crippen molar-refractivity contribution in [2.24, 2.45) is 0 Å². The van der Waals surface area contributed by atoms with Crippen LogP contribution < -0.4 is 5.56 Å². The van der Waals surface area contributed by atoms with Crippen molar-refractivity contribution in [2.75, 3.05) is 6.54 Å². The summed E-state index contributed by atoms with van der Waals surface area (Å²) in [7, 11) is 0. The smallest absolute Gasteiger partial charge is 0.261 e. The summed E-state index contributed by atoms with van der Waals surface area (Å²) in [4.78, 5) is 27.8. The summed E-state index contributed by atoms with van der Waals surface area (Å²) < 4.78 is 25.1. The highest BCUT2D eigenvalue weighted by Crippen LogP contribution is 2.11. The van der Waals surface area contributed by atoms with Gasteiger partial charge in [-0.1, -0.05) is 6.92 Å². The first kappa shape index (κ1) is 16.3. The summed E-state index contributed by atoms with van der Waals surface area (Å²) in [6, 6.07) is 1.07. The van der Waals surface area contributed by atoms with Crippen LogP contribution in [0.3, 0.4) is 0 Å². The number of hydrogen-bond donors (Lipinski definition) is 1. The van der Waals surface area contributed by atoms with Gasteiger partial charge in [-0.2, -0.15) is 0 Å². The van der Waals surface area contributed by atoms with Crippen molar-refractivity contribution in [3.8, 4) is 0 Å². The number of nitrogens with one attached hydrogen (secondary N) is 1. The van der Waals surface area contributed by atoms with E-state index in [0.717, 1.165) is 16.2 Å². The van der Waals surface area contributed by atoms with E-state index < -0.39 is 30.5 Å². The van der Waals surface area contributed by atoms with Crippen molar-refractivity contribution in [3.05, 3.63) is 33.2 Å². The summed E-state index contributed by atoms with van der Waals surface area (Å²) in [6.07, 6.45) is -1.99. The normalized spacial score (nSPS) is 11.2. The van der Waals surface area contributed by atoms with Crippen molar-refractivity contribution in [1.82, 2.24) is 9.88 Å². The predicted octanol–water partition coefficient (Wildman–Crippen LogP) is 2.36. The number of amides is 1. The fourth-order valence-electron chi connectivity index (χ4n) is 2.03. The molecule has 0 aliphatic carbocycles. The second kappa shape index (κ2) is 6.63. The molecule has 0 bridgehead atoms. The standard InChI is InChI=1S/C14H20F2N2O2/c1-5-11-9(4)6-10(13(19)17-11)14(20)18(8(2)3)7-12(15)16/h6,8,12H,5,7H2,1-4H3,(H,17,19). The van der Waals surface area contributed by atoms with Crippen molar-refractivity contribution in [2.45, 2.75) is 46.6 Å². The zero-order valence-corrected chi connectivity index (χ0v) is 12.2. The quantitative estimate of drug-likeness (QED) is 0.903. The lowest BCUT2D eigenvalue weighted by molar-refractivity contribution is 0.0474. The van der Waals surface area contributed by atoms with E-state index in [1.165, 1.54) is 6.07 Å². The molecular formula is C14H20F2N2O2. The number of rotatable bonds is 5. The molecular weight excluding hydrogens is 266 g/mol. The van der Waals surface area contributed by atoms with Crippen LogP contribution >= 0.6 is 0 Å². The third-order valence-corrected chi connectivity index (χ3v) is 3.15. The zero-order valence-electron chi connectivity index (χ0n) is 12.2. The molecule has 1 aromatic rings. The SMILES string of the molecule is CCc1[nH]c(=O)c(C(=O)N(CC(F)F)C(C)C)cc1C. The van der Waals surface area contributed by atoms with Gasteiger partial charge in [0, 0.05) is 11.7 Å². The van der Waals surface area contributed by atoms with Crippen LogP contribution in [-0.2, 0) is 6.42 Å². The first-order valence-electron chi connectivity index (χ1n) is 6.59. The van der Waals surface area contributed by atoms with Gasteiger partial charge in [-0.25, -0.2) is 8.78 Å². The van der Waals surface area contributed by atoms with Crippen molar-refractivity contribution >= 4 is 5.91 Å². The molecule has 1 amide bonds. The van der Waals surface area contributed by atoms with E-state index in [0.29, 0.717) is 6.42 Å². The average Bonchev–Trinajstić information content (AvgIpc) is 2.36. The van der Waals surface area contributed by atoms with Gasteiger partial charge in [-0.3, -0.25) is 9.59 Å². The molecule has 0 atom stereocenters. The van der Waals surface area contributed by atoms with Crippen LogP contribution in [0.5, 0.6) is 0 Å². The summed E-state index contributed by atoms with van der Waals surface area (Å²) in [6.45, 7) is 6.27. The fourth-order valence-corrected chi connectivity index (χ4v) is 2.03. The van der Waals surface area contributed by atoms with Gasteiger partial charge in [0.25, 0.3) is 17.9 Å². The summed E-state index contributed by atoms with van der Waals surface area (Å²) in [5, 5.41) is 0. The molecule has 1 N–H and O–H groups in total. The van der Waals surface area contributed by atoms with Crippen LogP contribution in [0.15, 0.2) is 10.9 Å². The third-order valence-electron chi connectivity index (χ3n) is 3.15. The highest BCUT2D eigenvalue weighted by atomic mass is 19.3. The predicted molar refractivity (Wildman–Crippen MR) is 73.4 cm³/mol. The lowest BCUT2D eigenvalue weighted by atomic mass is 10.1.